The second-order valence-electron chi connectivity index (χ2n) is 8.23. The topological polar surface area (TPSA) is 112 Å². The number of carboxylic acid groups (broad SMARTS) is 2. The lowest BCUT2D eigenvalue weighted by Gasteiger charge is -2.28. The van der Waals surface area contributed by atoms with Crippen LogP contribution in [-0.2, 0) is 29.1 Å². The quantitative estimate of drug-likeness (QED) is 0.283. The molecule has 0 spiro atoms. The van der Waals surface area contributed by atoms with E-state index in [9.17, 15) is 14.7 Å². The molecular weight excluding hydrogens is 344 g/mol. The van der Waals surface area contributed by atoms with E-state index in [1.807, 2.05) is 0 Å². The van der Waals surface area contributed by atoms with Gasteiger partial charge in [0.15, 0.2) is 0 Å². The van der Waals surface area contributed by atoms with E-state index in [2.05, 4.69) is 0 Å². The van der Waals surface area contributed by atoms with Crippen LogP contribution in [0.2, 0.25) is 0 Å². The number of rotatable bonds is 13. The summed E-state index contributed by atoms with van der Waals surface area (Å²) in [5.74, 6) is -2.02. The van der Waals surface area contributed by atoms with Crippen LogP contribution in [0.25, 0.3) is 0 Å². The van der Waals surface area contributed by atoms with Gasteiger partial charge in [-0.15, -0.1) is 0 Å². The van der Waals surface area contributed by atoms with Crippen LogP contribution in [0.4, 0.5) is 0 Å². The molecule has 2 atom stereocenters. The molecule has 0 aromatic rings. The molecule has 0 bridgehead atoms. The highest BCUT2D eigenvalue weighted by Crippen LogP contribution is 2.20. The van der Waals surface area contributed by atoms with E-state index in [1.165, 1.54) is 0 Å². The summed E-state index contributed by atoms with van der Waals surface area (Å²) < 4.78 is 0. The summed E-state index contributed by atoms with van der Waals surface area (Å²) >= 11 is 0. The van der Waals surface area contributed by atoms with E-state index in [4.69, 9.17) is 24.7 Å². The predicted molar refractivity (Wildman–Crippen MR) is 94.4 cm³/mol. The lowest BCUT2D eigenvalue weighted by molar-refractivity contribution is -0.425. The van der Waals surface area contributed by atoms with Gasteiger partial charge in [0.2, 0.25) is 6.10 Å². The van der Waals surface area contributed by atoms with Crippen LogP contribution in [0.15, 0.2) is 0 Å². The Morgan fingerprint density at radius 1 is 0.808 bits per heavy atom. The summed E-state index contributed by atoms with van der Waals surface area (Å²) in [6.45, 7) is 10.6. The Labute approximate surface area is 155 Å². The van der Waals surface area contributed by atoms with Crippen molar-refractivity contribution in [3.05, 3.63) is 0 Å². The van der Waals surface area contributed by atoms with Crippen LogP contribution in [0.1, 0.15) is 80.1 Å². The molecule has 26 heavy (non-hydrogen) atoms. The fraction of sp³-hybridized carbons (Fsp3) is 0.889. The van der Waals surface area contributed by atoms with Gasteiger partial charge in [0.25, 0.3) is 0 Å². The van der Waals surface area contributed by atoms with Crippen LogP contribution in [0, 0.1) is 0 Å². The molecule has 0 radical (unpaired) electrons. The van der Waals surface area contributed by atoms with Crippen LogP contribution < -0.4 is 0 Å². The van der Waals surface area contributed by atoms with Crippen molar-refractivity contribution in [2.45, 2.75) is 103 Å². The Balaban J connectivity index is 4.71. The SMILES string of the molecule is CC(C)(C)OOC(CCCCCCC(=O)O)C(OOC(C)(C)C)C(=O)O. The van der Waals surface area contributed by atoms with Crippen molar-refractivity contribution in [2.24, 2.45) is 0 Å². The van der Waals surface area contributed by atoms with Crippen LogP contribution in [-0.4, -0.2) is 45.6 Å². The summed E-state index contributed by atoms with van der Waals surface area (Å²) in [7, 11) is 0. The Bertz CT molecular complexity index is 422. The molecule has 2 unspecified atom stereocenters. The number of unbranched alkanes of at least 4 members (excludes halogenated alkanes) is 3. The Morgan fingerprint density at radius 3 is 1.77 bits per heavy atom. The number of carbonyl (C=O) groups is 2. The molecule has 0 heterocycles. The Kier molecular flexibility index (Phi) is 10.9. The molecule has 8 heteroatoms. The van der Waals surface area contributed by atoms with Crippen LogP contribution >= 0.6 is 0 Å². The number of aliphatic carboxylic acids is 2. The van der Waals surface area contributed by atoms with Crippen molar-refractivity contribution in [1.82, 2.24) is 0 Å². The highest BCUT2D eigenvalue weighted by atomic mass is 17.2. The first-order valence-electron chi connectivity index (χ1n) is 8.95. The van der Waals surface area contributed by atoms with Gasteiger partial charge in [0.05, 0.1) is 11.2 Å². The Hall–Kier alpha value is -1.22. The second kappa shape index (κ2) is 11.5. The smallest absolute Gasteiger partial charge is 0.339 e. The van der Waals surface area contributed by atoms with E-state index in [0.717, 1.165) is 12.8 Å². The molecule has 0 aliphatic rings. The van der Waals surface area contributed by atoms with Crippen molar-refractivity contribution < 1.29 is 39.4 Å². The van der Waals surface area contributed by atoms with Crippen LogP contribution in [0.3, 0.4) is 0 Å². The molecule has 0 saturated heterocycles. The third kappa shape index (κ3) is 14.0. The highest BCUT2D eigenvalue weighted by Gasteiger charge is 2.34. The molecule has 0 aromatic heterocycles. The second-order valence-corrected chi connectivity index (χ2v) is 8.23. The molecular formula is C18H34O8. The van der Waals surface area contributed by atoms with Gasteiger partial charge in [-0.25, -0.2) is 24.3 Å². The molecule has 0 amide bonds. The number of hydrogen-bond acceptors (Lipinski definition) is 6. The van der Waals surface area contributed by atoms with Crippen molar-refractivity contribution in [3.63, 3.8) is 0 Å². The van der Waals surface area contributed by atoms with Gasteiger partial charge in [0, 0.05) is 6.42 Å². The van der Waals surface area contributed by atoms with Gasteiger partial charge in [-0.3, -0.25) is 4.79 Å². The summed E-state index contributed by atoms with van der Waals surface area (Å²) in [5.41, 5.74) is -1.27. The summed E-state index contributed by atoms with van der Waals surface area (Å²) in [6.07, 6.45) is 1.07. The molecule has 0 fully saturated rings. The minimum Gasteiger partial charge on any atom is -0.481 e. The molecule has 0 aliphatic carbocycles. The average Bonchev–Trinajstić information content (AvgIpc) is 2.44. The lowest BCUT2D eigenvalue weighted by Crippen LogP contribution is -2.41. The molecule has 0 saturated carbocycles. The first kappa shape index (κ1) is 24.8. The maximum absolute atomic E-state index is 11.6. The monoisotopic (exact) mass is 378 g/mol. The maximum atomic E-state index is 11.6. The molecule has 0 rings (SSSR count). The predicted octanol–water partition coefficient (Wildman–Crippen LogP) is 3.73. The van der Waals surface area contributed by atoms with Gasteiger partial charge in [0.1, 0.15) is 6.10 Å². The van der Waals surface area contributed by atoms with Gasteiger partial charge in [-0.1, -0.05) is 19.3 Å². The zero-order valence-corrected chi connectivity index (χ0v) is 16.7. The fourth-order valence-corrected chi connectivity index (χ4v) is 1.89. The highest BCUT2D eigenvalue weighted by molar-refractivity contribution is 5.73. The van der Waals surface area contributed by atoms with E-state index in [-0.39, 0.29) is 6.42 Å². The minimum absolute atomic E-state index is 0.132. The van der Waals surface area contributed by atoms with Crippen LogP contribution in [0.5, 0.6) is 0 Å². The van der Waals surface area contributed by atoms with E-state index >= 15 is 0 Å². The first-order valence-corrected chi connectivity index (χ1v) is 8.95. The van der Waals surface area contributed by atoms with Crippen molar-refractivity contribution >= 4 is 11.9 Å². The first-order chi connectivity index (χ1) is 11.8. The van der Waals surface area contributed by atoms with Gasteiger partial charge >= 0.3 is 11.9 Å². The molecule has 2 N–H and O–H groups in total. The summed E-state index contributed by atoms with van der Waals surface area (Å²) in [6, 6.07) is 0. The molecule has 0 aromatic carbocycles. The minimum atomic E-state index is -1.34. The summed E-state index contributed by atoms with van der Waals surface area (Å²) in [5, 5.41) is 18.1. The molecule has 8 nitrogen and oxygen atoms in total. The lowest BCUT2D eigenvalue weighted by atomic mass is 10.0. The largest absolute Gasteiger partial charge is 0.481 e. The molecule has 0 aliphatic heterocycles. The zero-order chi connectivity index (χ0) is 20.4. The standard InChI is InChI=1S/C18H34O8/c1-17(2,3)25-23-13(11-9-7-8-10-12-14(19)20)15(16(21)22)24-26-18(4,5)6/h13,15H,7-12H2,1-6H3,(H,19,20)(H,21,22). The Morgan fingerprint density at radius 2 is 1.31 bits per heavy atom. The summed E-state index contributed by atoms with van der Waals surface area (Å²) in [4.78, 5) is 43.0. The zero-order valence-electron chi connectivity index (χ0n) is 16.7. The van der Waals surface area contributed by atoms with Gasteiger partial charge in [-0.2, -0.15) is 0 Å². The van der Waals surface area contributed by atoms with Gasteiger partial charge in [-0.05, 0) is 54.4 Å². The number of hydrogen-bond donors (Lipinski definition) is 2. The number of carboxylic acids is 2. The normalized spacial score (nSPS) is 14.8. The van der Waals surface area contributed by atoms with E-state index in [1.54, 1.807) is 41.5 Å². The molecule has 154 valence electrons. The average molecular weight is 378 g/mol. The fourth-order valence-electron chi connectivity index (χ4n) is 1.89. The van der Waals surface area contributed by atoms with E-state index in [0.29, 0.717) is 19.3 Å². The van der Waals surface area contributed by atoms with Gasteiger partial charge < -0.3 is 10.2 Å². The van der Waals surface area contributed by atoms with Crippen molar-refractivity contribution in [2.75, 3.05) is 0 Å². The van der Waals surface area contributed by atoms with E-state index < -0.39 is 35.3 Å². The van der Waals surface area contributed by atoms with Crippen molar-refractivity contribution in [3.8, 4) is 0 Å². The van der Waals surface area contributed by atoms with Crippen molar-refractivity contribution in [1.29, 1.82) is 0 Å². The third-order valence-electron chi connectivity index (χ3n) is 3.03. The third-order valence-corrected chi connectivity index (χ3v) is 3.03. The maximum Gasteiger partial charge on any atom is 0.339 e.